The molecule has 1 aromatic heterocycles. The molecule has 2 aromatic rings. The standard InChI is InChI=1S/C29H29FN4O5.C4H8.C2H7N/c1-13-21(27(31)38)20(36)11-17-8-15-9-18-23(25(37)22(15)26-29(13,17)39-26)19(35)10-16(24(18)30)12-34-6-2-14(3-7-34)28-32-4-5-33-28;1-2-4-3-1;1-3-2/h4-5,10,14-15,17,35-36H,1-3,6-9,11-12H2,(H2,31,38)(H,32,33);1-4H2;3H,1-2H3/t15?,17-,29-;;/m0../s1. The number of ketones is 1. The lowest BCUT2D eigenvalue weighted by Gasteiger charge is -2.37. The van der Waals surface area contributed by atoms with E-state index in [1.54, 1.807) is 6.20 Å². The number of benzene rings is 1. The second-order valence-electron chi connectivity index (χ2n) is 13.3. The number of aliphatic hydroxyl groups excluding tert-OH is 1. The van der Waals surface area contributed by atoms with Crippen LogP contribution in [0.3, 0.4) is 0 Å². The third-order valence-corrected chi connectivity index (χ3v) is 10.3. The van der Waals surface area contributed by atoms with Crippen LogP contribution in [0.5, 0.6) is 5.75 Å². The van der Waals surface area contributed by atoms with Crippen molar-refractivity contribution in [2.45, 2.75) is 75.9 Å². The summed E-state index contributed by atoms with van der Waals surface area (Å²) in [5.41, 5.74) is 5.60. The van der Waals surface area contributed by atoms with Gasteiger partial charge in [-0.3, -0.25) is 14.5 Å². The highest BCUT2D eigenvalue weighted by Crippen LogP contribution is 2.65. The smallest absolute Gasteiger partial charge is 0.252 e. The summed E-state index contributed by atoms with van der Waals surface area (Å²) in [6, 6.07) is 1.37. The second-order valence-corrected chi connectivity index (χ2v) is 13.3. The fourth-order valence-electron chi connectivity index (χ4n) is 7.66. The zero-order chi connectivity index (χ0) is 32.7. The Hall–Kier alpha value is -3.96. The molecule has 1 saturated carbocycles. The van der Waals surface area contributed by atoms with Crippen LogP contribution >= 0.6 is 0 Å². The number of Topliss-reactive ketones (excluding diaryl/α,β-unsaturated/α-hetero) is 1. The van der Waals surface area contributed by atoms with Crippen molar-refractivity contribution in [1.29, 1.82) is 0 Å². The SMILES string of the molecule is C1CCC1.C=C1C(C(N)=O)=C(O)C[C@@H]2CC3Cc4c(F)c(CN5CCC(c6ncc[nH]6)CC5)cc(O)c4C(=O)C3=C3O[C@]132.CNC. The third kappa shape index (κ3) is 5.43. The Bertz CT molecular complexity index is 1600. The fourth-order valence-corrected chi connectivity index (χ4v) is 7.66. The number of aromatic hydroxyl groups is 1. The van der Waals surface area contributed by atoms with E-state index >= 15 is 4.39 Å². The average Bonchev–Trinajstić information content (AvgIpc) is 3.49. The van der Waals surface area contributed by atoms with Crippen molar-refractivity contribution < 1.29 is 28.9 Å². The van der Waals surface area contributed by atoms with Gasteiger partial charge in [0.15, 0.2) is 17.1 Å². The van der Waals surface area contributed by atoms with Crippen LogP contribution in [0, 0.1) is 17.7 Å². The Morgan fingerprint density at radius 2 is 1.87 bits per heavy atom. The minimum atomic E-state index is -1.05. The van der Waals surface area contributed by atoms with Crippen LogP contribution in [0.1, 0.15) is 84.6 Å². The first-order valence-electron chi connectivity index (χ1n) is 16.4. The van der Waals surface area contributed by atoms with Gasteiger partial charge in [0.25, 0.3) is 5.91 Å². The first-order valence-corrected chi connectivity index (χ1v) is 16.4. The number of fused-ring (bicyclic) bond motifs is 2. The molecule has 2 saturated heterocycles. The summed E-state index contributed by atoms with van der Waals surface area (Å²) in [4.78, 5) is 35.4. The molecule has 3 fully saturated rings. The van der Waals surface area contributed by atoms with E-state index in [0.717, 1.165) is 31.8 Å². The van der Waals surface area contributed by atoms with Crippen molar-refractivity contribution in [3.8, 4) is 5.75 Å². The molecule has 10 nitrogen and oxygen atoms in total. The van der Waals surface area contributed by atoms with Gasteiger partial charge in [-0.05, 0) is 64.9 Å². The van der Waals surface area contributed by atoms with Crippen molar-refractivity contribution in [2.24, 2.45) is 17.6 Å². The van der Waals surface area contributed by atoms with Crippen molar-refractivity contribution in [3.63, 3.8) is 0 Å². The van der Waals surface area contributed by atoms with Gasteiger partial charge in [0.2, 0.25) is 0 Å². The molecule has 0 radical (unpaired) electrons. The number of nitrogens with one attached hydrogen (secondary N) is 2. The highest BCUT2D eigenvalue weighted by Gasteiger charge is 2.69. The molecule has 246 valence electrons. The number of H-pyrrole nitrogens is 1. The summed E-state index contributed by atoms with van der Waals surface area (Å²) < 4.78 is 22.0. The normalized spacial score (nSPS) is 26.6. The zero-order valence-electron chi connectivity index (χ0n) is 26.6. The number of epoxide rings is 1. The predicted molar refractivity (Wildman–Crippen MR) is 170 cm³/mol. The molecular formula is C35H44FN5O5. The number of amides is 1. The maximum atomic E-state index is 16.0. The lowest BCUT2D eigenvalue weighted by atomic mass is 9.62. The molecule has 3 heterocycles. The number of carbonyl (C=O) groups is 2. The number of aliphatic hydroxyl groups is 1. The highest BCUT2D eigenvalue weighted by atomic mass is 19.1. The van der Waals surface area contributed by atoms with Gasteiger partial charge in [0, 0.05) is 59.5 Å². The first kappa shape index (κ1) is 32.0. The van der Waals surface area contributed by atoms with Gasteiger partial charge in [0.1, 0.15) is 23.2 Å². The minimum absolute atomic E-state index is 0.0226. The number of primary amides is 1. The van der Waals surface area contributed by atoms with Crippen molar-refractivity contribution in [3.05, 3.63) is 81.6 Å². The van der Waals surface area contributed by atoms with Crippen molar-refractivity contribution >= 4 is 11.7 Å². The van der Waals surface area contributed by atoms with E-state index in [2.05, 4.69) is 26.8 Å². The number of phenols is 1. The van der Waals surface area contributed by atoms with Gasteiger partial charge in [-0.2, -0.15) is 0 Å². The minimum Gasteiger partial charge on any atom is -0.511 e. The maximum absolute atomic E-state index is 16.0. The average molecular weight is 634 g/mol. The van der Waals surface area contributed by atoms with Crippen molar-refractivity contribution in [2.75, 3.05) is 27.2 Å². The van der Waals surface area contributed by atoms with Gasteiger partial charge >= 0.3 is 0 Å². The second kappa shape index (κ2) is 12.7. The number of piperidine rings is 1. The Kier molecular flexibility index (Phi) is 8.82. The van der Waals surface area contributed by atoms with E-state index in [9.17, 15) is 19.8 Å². The Morgan fingerprint density at radius 1 is 1.20 bits per heavy atom. The number of hydrogen-bond donors (Lipinski definition) is 5. The molecule has 46 heavy (non-hydrogen) atoms. The van der Waals surface area contributed by atoms with Gasteiger partial charge < -0.3 is 31.0 Å². The maximum Gasteiger partial charge on any atom is 0.252 e. The number of likely N-dealkylation sites (tertiary alicyclic amines) is 1. The molecule has 2 aliphatic heterocycles. The lowest BCUT2D eigenvalue weighted by Crippen LogP contribution is -2.41. The zero-order valence-corrected chi connectivity index (χ0v) is 26.6. The molecule has 3 atom stereocenters. The Labute approximate surface area is 268 Å². The number of halogens is 1. The van der Waals surface area contributed by atoms with E-state index in [-0.39, 0.29) is 58.5 Å². The number of nitrogens with two attached hydrogens (primary N) is 1. The van der Waals surface area contributed by atoms with Crippen LogP contribution in [-0.2, 0) is 22.5 Å². The Balaban J connectivity index is 0.000000479. The number of aromatic nitrogens is 2. The summed E-state index contributed by atoms with van der Waals surface area (Å²) in [7, 11) is 3.75. The number of imidazole rings is 1. The topological polar surface area (TPSA) is 157 Å². The number of carbonyl (C=O) groups excluding carboxylic acids is 2. The number of ether oxygens (including phenoxy) is 1. The largest absolute Gasteiger partial charge is 0.511 e. The van der Waals surface area contributed by atoms with Gasteiger partial charge in [-0.15, -0.1) is 0 Å². The molecule has 6 aliphatic rings. The molecule has 4 aliphatic carbocycles. The van der Waals surface area contributed by atoms with Crippen LogP contribution in [0.15, 0.2) is 53.3 Å². The van der Waals surface area contributed by atoms with Gasteiger partial charge in [-0.1, -0.05) is 32.3 Å². The number of hydrogen-bond acceptors (Lipinski definition) is 8. The molecule has 1 aromatic carbocycles. The van der Waals surface area contributed by atoms with Crippen molar-refractivity contribution in [1.82, 2.24) is 20.2 Å². The van der Waals surface area contributed by atoms with Crippen LogP contribution in [0.25, 0.3) is 0 Å². The van der Waals surface area contributed by atoms with Crippen LogP contribution in [0.4, 0.5) is 4.39 Å². The van der Waals surface area contributed by atoms with Gasteiger partial charge in [-0.25, -0.2) is 9.37 Å². The van der Waals surface area contributed by atoms with E-state index in [0.29, 0.717) is 35.8 Å². The molecule has 1 unspecified atom stereocenters. The number of phenolic OH excluding ortho intramolecular Hbond substituents is 1. The molecule has 6 N–H and O–H groups in total. The van der Waals surface area contributed by atoms with E-state index in [4.69, 9.17) is 10.5 Å². The summed E-state index contributed by atoms with van der Waals surface area (Å²) in [5.74, 6) is -0.939. The molecule has 0 bridgehead atoms. The van der Waals surface area contributed by atoms with E-state index < -0.39 is 23.1 Å². The van der Waals surface area contributed by atoms with Crippen LogP contribution < -0.4 is 11.1 Å². The predicted octanol–water partition coefficient (Wildman–Crippen LogP) is 4.69. The Morgan fingerprint density at radius 3 is 2.46 bits per heavy atom. The molecule has 1 amide bonds. The summed E-state index contributed by atoms with van der Waals surface area (Å²) in [5, 5.41) is 24.2. The number of aromatic amines is 1. The monoisotopic (exact) mass is 633 g/mol. The molecule has 1 spiro atoms. The van der Waals surface area contributed by atoms with Gasteiger partial charge in [0.05, 0.1) is 11.1 Å². The fraction of sp³-hybridized carbons (Fsp3) is 0.514. The highest BCUT2D eigenvalue weighted by molar-refractivity contribution is 6.14. The van der Waals surface area contributed by atoms with E-state index in [1.807, 2.05) is 20.3 Å². The summed E-state index contributed by atoms with van der Waals surface area (Å²) in [6.45, 7) is 5.87. The quantitative estimate of drug-likeness (QED) is 0.304. The summed E-state index contributed by atoms with van der Waals surface area (Å²) in [6.07, 6.45) is 12.2. The number of rotatable bonds is 4. The number of nitrogens with zero attached hydrogens (tertiary/aromatic N) is 2. The van der Waals surface area contributed by atoms with Crippen LogP contribution in [0.2, 0.25) is 0 Å². The summed E-state index contributed by atoms with van der Waals surface area (Å²) >= 11 is 0. The lowest BCUT2D eigenvalue weighted by molar-refractivity contribution is -0.114. The van der Waals surface area contributed by atoms with Crippen LogP contribution in [-0.4, -0.2) is 69.6 Å². The molecule has 8 rings (SSSR count). The third-order valence-electron chi connectivity index (χ3n) is 10.3. The molecule has 11 heteroatoms. The first-order chi connectivity index (χ1) is 22.1. The molecular weight excluding hydrogens is 589 g/mol. The van der Waals surface area contributed by atoms with E-state index in [1.165, 1.54) is 31.7 Å². The number of allylic oxidation sites excluding steroid dienone is 2.